The van der Waals surface area contributed by atoms with Crippen LogP contribution in [0.25, 0.3) is 0 Å². The van der Waals surface area contributed by atoms with Gasteiger partial charge in [-0.1, -0.05) is 31.0 Å². The van der Waals surface area contributed by atoms with Crippen LogP contribution >= 0.6 is 11.6 Å². The van der Waals surface area contributed by atoms with Crippen molar-refractivity contribution in [2.75, 3.05) is 13.2 Å². The maximum Gasteiger partial charge on any atom is 0.509 e. The van der Waals surface area contributed by atoms with Gasteiger partial charge in [0.2, 0.25) is 5.60 Å². The number of rotatable bonds is 3. The zero-order valence-electron chi connectivity index (χ0n) is 18.3. The quantitative estimate of drug-likeness (QED) is 0.512. The van der Waals surface area contributed by atoms with Crippen LogP contribution in [0.15, 0.2) is 11.6 Å². The molecule has 0 spiro atoms. The summed E-state index contributed by atoms with van der Waals surface area (Å²) in [4.78, 5) is 37.3. The van der Waals surface area contributed by atoms with Crippen molar-refractivity contribution >= 4 is 29.5 Å². The van der Waals surface area contributed by atoms with E-state index in [2.05, 4.69) is 6.92 Å². The van der Waals surface area contributed by atoms with Gasteiger partial charge in [-0.05, 0) is 67.8 Å². The number of methoxy groups -OCH3 is 1. The van der Waals surface area contributed by atoms with E-state index < -0.39 is 29.2 Å². The van der Waals surface area contributed by atoms with E-state index in [9.17, 15) is 19.5 Å². The van der Waals surface area contributed by atoms with Crippen LogP contribution in [0.3, 0.4) is 0 Å². The number of fused-ring (bicyclic) bond motifs is 5. The lowest BCUT2D eigenvalue weighted by Gasteiger charge is -2.60. The molecule has 4 rings (SSSR count). The summed E-state index contributed by atoms with van der Waals surface area (Å²) in [6.45, 7) is 4.09. The van der Waals surface area contributed by atoms with Crippen LogP contribution < -0.4 is 0 Å². The average Bonchev–Trinajstić information content (AvgIpc) is 3.01. The minimum Gasteiger partial charge on any atom is -0.446 e. The number of allylic oxidation sites excluding steroid dienone is 1. The number of aliphatic hydroxyl groups is 1. The fourth-order valence-electron chi connectivity index (χ4n) is 7.57. The van der Waals surface area contributed by atoms with Gasteiger partial charge in [0.05, 0.1) is 13.2 Å². The molecule has 4 aliphatic rings. The Morgan fingerprint density at radius 3 is 2.65 bits per heavy atom. The molecule has 2 unspecified atom stereocenters. The molecule has 31 heavy (non-hydrogen) atoms. The fraction of sp³-hybridized carbons (Fsp3) is 0.783. The maximum absolute atomic E-state index is 13.1. The molecular weight excluding hydrogens is 424 g/mol. The predicted octanol–water partition coefficient (Wildman–Crippen LogP) is 3.75. The largest absolute Gasteiger partial charge is 0.509 e. The van der Waals surface area contributed by atoms with Crippen LogP contribution in [-0.4, -0.2) is 47.9 Å². The standard InChI is InChI=1S/C23H31ClO7/c1-21-8-6-14(25)10-13(21)4-5-15-16-7-9-23(19(27)30-12-24,31-20(28)29-3)22(16,2)11-17(26)18(15)21/h10,15-18,26H,4-9,11-12H2,1-3H3/t15-,16-,17?,18-,21-,22-,23?/m0/s1. The molecule has 0 heterocycles. The molecule has 4 aliphatic carbocycles. The number of carbonyl (C=O) groups is 3. The topological polar surface area (TPSA) is 99.1 Å². The Labute approximate surface area is 187 Å². The van der Waals surface area contributed by atoms with Gasteiger partial charge in [-0.15, -0.1) is 0 Å². The third-order valence-electron chi connectivity index (χ3n) is 8.96. The molecular formula is C23H31ClO7. The first-order chi connectivity index (χ1) is 14.6. The highest BCUT2D eigenvalue weighted by molar-refractivity contribution is 6.17. The average molecular weight is 455 g/mol. The highest BCUT2D eigenvalue weighted by Gasteiger charge is 2.71. The Balaban J connectivity index is 1.74. The SMILES string of the molecule is COC(=O)OC1(C(=O)OCCl)CC[C@H]2[C@@H]3CCC4=CC(=O)CC[C@]4(C)[C@@H]3C(O)C[C@@]21C. The van der Waals surface area contributed by atoms with E-state index >= 15 is 0 Å². The number of halogens is 1. The van der Waals surface area contributed by atoms with Gasteiger partial charge >= 0.3 is 12.1 Å². The molecule has 3 saturated carbocycles. The summed E-state index contributed by atoms with van der Waals surface area (Å²) in [7, 11) is 1.20. The summed E-state index contributed by atoms with van der Waals surface area (Å²) in [5.41, 5.74) is -1.45. The van der Waals surface area contributed by atoms with Crippen molar-refractivity contribution in [3.63, 3.8) is 0 Å². The van der Waals surface area contributed by atoms with Crippen molar-refractivity contribution in [2.45, 2.75) is 70.5 Å². The number of hydrogen-bond donors (Lipinski definition) is 1. The minimum atomic E-state index is -1.55. The molecule has 8 heteroatoms. The minimum absolute atomic E-state index is 0.00310. The fourth-order valence-corrected chi connectivity index (χ4v) is 7.67. The lowest BCUT2D eigenvalue weighted by Crippen LogP contribution is -2.63. The van der Waals surface area contributed by atoms with E-state index in [1.807, 2.05) is 6.92 Å². The highest BCUT2D eigenvalue weighted by atomic mass is 35.5. The summed E-state index contributed by atoms with van der Waals surface area (Å²) < 4.78 is 15.5. The predicted molar refractivity (Wildman–Crippen MR) is 111 cm³/mol. The normalized spacial score (nSPS) is 43.8. The zero-order chi connectivity index (χ0) is 22.6. The first kappa shape index (κ1) is 22.6. The smallest absolute Gasteiger partial charge is 0.446 e. The Kier molecular flexibility index (Phi) is 5.66. The number of carbonyl (C=O) groups excluding carboxylic acids is 3. The first-order valence-electron chi connectivity index (χ1n) is 11.0. The molecule has 0 aromatic rings. The summed E-state index contributed by atoms with van der Waals surface area (Å²) >= 11 is 5.68. The van der Waals surface area contributed by atoms with Gasteiger partial charge in [-0.3, -0.25) is 4.79 Å². The number of ether oxygens (including phenoxy) is 3. The first-order valence-corrected chi connectivity index (χ1v) is 11.6. The molecule has 0 saturated heterocycles. The summed E-state index contributed by atoms with van der Waals surface area (Å²) in [6, 6.07) is -0.347. The van der Waals surface area contributed by atoms with Crippen LogP contribution in [0.2, 0.25) is 0 Å². The monoisotopic (exact) mass is 454 g/mol. The number of hydrogen-bond acceptors (Lipinski definition) is 7. The Hall–Kier alpha value is -1.60. The second-order valence-corrected chi connectivity index (χ2v) is 10.3. The number of esters is 1. The summed E-state index contributed by atoms with van der Waals surface area (Å²) in [6.07, 6.45) is 4.27. The van der Waals surface area contributed by atoms with Crippen LogP contribution in [0.1, 0.15) is 58.8 Å². The van der Waals surface area contributed by atoms with Crippen molar-refractivity contribution in [3.05, 3.63) is 11.6 Å². The van der Waals surface area contributed by atoms with E-state index in [4.69, 9.17) is 25.8 Å². The molecule has 7 nitrogen and oxygen atoms in total. The summed E-state index contributed by atoms with van der Waals surface area (Å²) in [5.74, 6) is -0.317. The lowest BCUT2D eigenvalue weighted by molar-refractivity contribution is -0.201. The Morgan fingerprint density at radius 2 is 1.97 bits per heavy atom. The van der Waals surface area contributed by atoms with E-state index in [1.54, 1.807) is 6.08 Å². The van der Waals surface area contributed by atoms with Crippen LogP contribution in [0, 0.1) is 28.6 Å². The van der Waals surface area contributed by atoms with Crippen molar-refractivity contribution in [1.82, 2.24) is 0 Å². The number of ketones is 1. The van der Waals surface area contributed by atoms with E-state index in [1.165, 1.54) is 7.11 Å². The van der Waals surface area contributed by atoms with Crippen molar-refractivity contribution in [2.24, 2.45) is 28.6 Å². The van der Waals surface area contributed by atoms with E-state index in [-0.39, 0.29) is 35.0 Å². The Bertz CT molecular complexity index is 825. The Morgan fingerprint density at radius 1 is 1.23 bits per heavy atom. The third-order valence-corrected chi connectivity index (χ3v) is 9.07. The number of aliphatic hydroxyl groups excluding tert-OH is 1. The van der Waals surface area contributed by atoms with Crippen molar-refractivity contribution in [1.29, 1.82) is 0 Å². The van der Waals surface area contributed by atoms with Crippen LogP contribution in [0.5, 0.6) is 0 Å². The van der Waals surface area contributed by atoms with Crippen LogP contribution in [0.4, 0.5) is 4.79 Å². The maximum atomic E-state index is 13.1. The molecule has 3 fully saturated rings. The molecule has 0 aliphatic heterocycles. The summed E-state index contributed by atoms with van der Waals surface area (Å²) in [5, 5.41) is 11.5. The molecule has 0 aromatic carbocycles. The van der Waals surface area contributed by atoms with Gasteiger partial charge in [0.1, 0.15) is 0 Å². The van der Waals surface area contributed by atoms with Gasteiger partial charge < -0.3 is 19.3 Å². The lowest BCUT2D eigenvalue weighted by atomic mass is 9.45. The van der Waals surface area contributed by atoms with Crippen molar-refractivity contribution in [3.8, 4) is 0 Å². The van der Waals surface area contributed by atoms with Gasteiger partial charge in [0, 0.05) is 11.8 Å². The molecule has 1 N–H and O–H groups in total. The van der Waals surface area contributed by atoms with Gasteiger partial charge in [-0.2, -0.15) is 0 Å². The van der Waals surface area contributed by atoms with Crippen LogP contribution in [-0.2, 0) is 23.8 Å². The second kappa shape index (κ2) is 7.77. The second-order valence-electron chi connectivity index (χ2n) is 10.0. The zero-order valence-corrected chi connectivity index (χ0v) is 19.1. The van der Waals surface area contributed by atoms with Gasteiger partial charge in [0.25, 0.3) is 0 Å². The molecule has 0 bridgehead atoms. The molecule has 0 amide bonds. The molecule has 0 radical (unpaired) electrons. The van der Waals surface area contributed by atoms with Gasteiger partial charge in [-0.25, -0.2) is 9.59 Å². The van der Waals surface area contributed by atoms with E-state index in [0.29, 0.717) is 25.7 Å². The molecule has 0 aromatic heterocycles. The van der Waals surface area contributed by atoms with Crippen molar-refractivity contribution < 1.29 is 33.7 Å². The molecule has 172 valence electrons. The number of alkyl halides is 1. The van der Waals surface area contributed by atoms with E-state index in [0.717, 1.165) is 24.8 Å². The highest BCUT2D eigenvalue weighted by Crippen LogP contribution is 2.68. The molecule has 7 atom stereocenters. The third kappa shape index (κ3) is 3.14. The van der Waals surface area contributed by atoms with Gasteiger partial charge in [0.15, 0.2) is 11.8 Å².